The van der Waals surface area contributed by atoms with Crippen molar-refractivity contribution in [1.82, 2.24) is 0 Å². The quantitative estimate of drug-likeness (QED) is 0.223. The monoisotopic (exact) mass is 676 g/mol. The van der Waals surface area contributed by atoms with Gasteiger partial charge < -0.3 is 15.2 Å². The molecule has 0 saturated heterocycles. The molecule has 0 saturated carbocycles. The first-order valence-electron chi connectivity index (χ1n) is 14.9. The molecule has 2 N–H and O–H groups in total. The molecular weight excluding hydrogens is 644 g/mol. The Kier molecular flexibility index (Phi) is 8.35. The fourth-order valence-electron chi connectivity index (χ4n) is 6.16. The summed E-state index contributed by atoms with van der Waals surface area (Å²) >= 11 is 0. The average molecular weight is 677 g/mol. The minimum absolute atomic E-state index is 0.00378. The van der Waals surface area contributed by atoms with Crippen LogP contribution in [0.15, 0.2) is 113 Å². The van der Waals surface area contributed by atoms with Gasteiger partial charge in [-0.3, -0.25) is 9.69 Å². The molecule has 6 rings (SSSR count). The second-order valence-corrected chi connectivity index (χ2v) is 16.4. The minimum atomic E-state index is -4.22. The van der Waals surface area contributed by atoms with Crippen LogP contribution in [0.3, 0.4) is 0 Å². The molecular formula is C35H33FN2O7S2. The standard InChI is InChI=1S/C35H33FN2O7S2/c1-35(2)19-28-34(47(43,44)22-35)33(26-17-16-24(18-27(26)36)45-20-23-10-5-3-6-11-23)38(29-14-9-15-30(39)32(29)37-28)31(40)21-46(41,42)25-12-7-4-8-13-25/h3-18,33,37,39H,19-22H2,1-2H3. The lowest BCUT2D eigenvalue weighted by Gasteiger charge is -2.37. The lowest BCUT2D eigenvalue weighted by Crippen LogP contribution is -2.43. The predicted molar refractivity (Wildman–Crippen MR) is 177 cm³/mol. The maximum absolute atomic E-state index is 16.3. The number of para-hydroxylation sites is 1. The number of carbonyl (C=O) groups excluding carboxylic acids is 1. The number of fused-ring (bicyclic) bond motifs is 1. The van der Waals surface area contributed by atoms with Crippen LogP contribution in [0.5, 0.6) is 11.5 Å². The fraction of sp³-hybridized carbons (Fsp3) is 0.229. The Morgan fingerprint density at radius 3 is 2.36 bits per heavy atom. The molecule has 12 heteroatoms. The number of allylic oxidation sites excluding steroid dienone is 1. The molecule has 2 aliphatic rings. The predicted octanol–water partition coefficient (Wildman–Crippen LogP) is 6.14. The van der Waals surface area contributed by atoms with Gasteiger partial charge in [0.05, 0.1) is 21.2 Å². The Balaban J connectivity index is 1.53. The highest BCUT2D eigenvalue weighted by molar-refractivity contribution is 7.95. The Morgan fingerprint density at radius 2 is 1.68 bits per heavy atom. The summed E-state index contributed by atoms with van der Waals surface area (Å²) in [5.41, 5.74) is 0.0998. The van der Waals surface area contributed by atoms with E-state index >= 15 is 4.39 Å². The number of ether oxygens (including phenoxy) is 1. The molecule has 0 aliphatic carbocycles. The molecule has 0 radical (unpaired) electrons. The van der Waals surface area contributed by atoms with Crippen molar-refractivity contribution in [2.75, 3.05) is 21.7 Å². The van der Waals surface area contributed by atoms with Gasteiger partial charge in [0.2, 0.25) is 5.91 Å². The van der Waals surface area contributed by atoms with E-state index in [1.807, 2.05) is 30.3 Å². The van der Waals surface area contributed by atoms with E-state index in [1.165, 1.54) is 54.6 Å². The number of nitrogens with zero attached hydrogens (tertiary/aromatic N) is 1. The van der Waals surface area contributed by atoms with E-state index in [4.69, 9.17) is 4.74 Å². The Bertz CT molecular complexity index is 2100. The number of aromatic hydroxyl groups is 1. The van der Waals surface area contributed by atoms with E-state index in [9.17, 15) is 26.7 Å². The summed E-state index contributed by atoms with van der Waals surface area (Å²) in [5, 5.41) is 14.0. The summed E-state index contributed by atoms with van der Waals surface area (Å²) in [6.45, 7) is 3.70. The van der Waals surface area contributed by atoms with Crippen molar-refractivity contribution in [2.45, 2.75) is 37.8 Å². The summed E-state index contributed by atoms with van der Waals surface area (Å²) in [6, 6.07) is 23.2. The molecule has 1 amide bonds. The van der Waals surface area contributed by atoms with E-state index < -0.39 is 48.6 Å². The third-order valence-electron chi connectivity index (χ3n) is 8.13. The van der Waals surface area contributed by atoms with Crippen LogP contribution < -0.4 is 15.0 Å². The van der Waals surface area contributed by atoms with Crippen LogP contribution in [0.1, 0.15) is 37.4 Å². The van der Waals surface area contributed by atoms with Gasteiger partial charge in [-0.25, -0.2) is 21.2 Å². The van der Waals surface area contributed by atoms with Gasteiger partial charge >= 0.3 is 0 Å². The number of hydrogen-bond acceptors (Lipinski definition) is 8. The first-order valence-corrected chi connectivity index (χ1v) is 18.2. The average Bonchev–Trinajstić information content (AvgIpc) is 3.15. The van der Waals surface area contributed by atoms with Crippen molar-refractivity contribution in [2.24, 2.45) is 5.41 Å². The summed E-state index contributed by atoms with van der Waals surface area (Å²) in [4.78, 5) is 14.9. The summed E-state index contributed by atoms with van der Waals surface area (Å²) in [6.07, 6.45) is 0.191. The number of carbonyl (C=O) groups is 1. The smallest absolute Gasteiger partial charge is 0.243 e. The van der Waals surface area contributed by atoms with E-state index in [0.717, 1.165) is 16.5 Å². The Labute approximate surface area is 273 Å². The third-order valence-corrected chi connectivity index (χ3v) is 12.0. The molecule has 1 unspecified atom stereocenters. The van der Waals surface area contributed by atoms with Crippen molar-refractivity contribution in [3.63, 3.8) is 0 Å². The number of phenolic OH excluding ortho intramolecular Hbond substituents is 1. The number of amides is 1. The Hall–Kier alpha value is -4.68. The molecule has 2 aliphatic heterocycles. The fourth-order valence-corrected chi connectivity index (χ4v) is 9.72. The zero-order valence-electron chi connectivity index (χ0n) is 25.7. The second-order valence-electron chi connectivity index (χ2n) is 12.4. The number of sulfone groups is 2. The number of anilines is 2. The molecule has 0 bridgehead atoms. The Morgan fingerprint density at radius 1 is 1.00 bits per heavy atom. The van der Waals surface area contributed by atoms with Crippen molar-refractivity contribution in [1.29, 1.82) is 0 Å². The SMILES string of the molecule is CC1(C)CC2=C(C(c3ccc(OCc4ccccc4)cc3F)N(C(=O)CS(=O)(=O)c3ccccc3)c3cccc(O)c3N2)S(=O)(=O)C1. The minimum Gasteiger partial charge on any atom is -0.506 e. The molecule has 0 aromatic heterocycles. The molecule has 4 aromatic rings. The van der Waals surface area contributed by atoms with Crippen molar-refractivity contribution >= 4 is 37.0 Å². The topological polar surface area (TPSA) is 130 Å². The molecule has 9 nitrogen and oxygen atoms in total. The van der Waals surface area contributed by atoms with Crippen LogP contribution in [-0.2, 0) is 31.1 Å². The van der Waals surface area contributed by atoms with Gasteiger partial charge in [-0.1, -0.05) is 68.4 Å². The van der Waals surface area contributed by atoms with E-state index in [1.54, 1.807) is 19.9 Å². The molecule has 4 aromatic carbocycles. The lowest BCUT2D eigenvalue weighted by atomic mass is 9.88. The second kappa shape index (κ2) is 12.2. The maximum atomic E-state index is 16.3. The van der Waals surface area contributed by atoms with Crippen LogP contribution in [0.25, 0.3) is 0 Å². The van der Waals surface area contributed by atoms with Crippen molar-refractivity contribution < 1.29 is 35.9 Å². The highest BCUT2D eigenvalue weighted by Gasteiger charge is 2.48. The zero-order valence-corrected chi connectivity index (χ0v) is 27.3. The largest absolute Gasteiger partial charge is 0.506 e. The van der Waals surface area contributed by atoms with Crippen LogP contribution in [0, 0.1) is 11.2 Å². The zero-order chi connectivity index (χ0) is 33.6. The number of rotatable bonds is 7. The normalized spacial score (nSPS) is 18.4. The van der Waals surface area contributed by atoms with Gasteiger partial charge in [-0.2, -0.15) is 0 Å². The van der Waals surface area contributed by atoms with Gasteiger partial charge in [-0.05, 0) is 53.8 Å². The first-order chi connectivity index (χ1) is 22.3. The van der Waals surface area contributed by atoms with E-state index in [0.29, 0.717) is 0 Å². The van der Waals surface area contributed by atoms with Crippen molar-refractivity contribution in [3.8, 4) is 11.5 Å². The van der Waals surface area contributed by atoms with Gasteiger partial charge in [-0.15, -0.1) is 0 Å². The maximum Gasteiger partial charge on any atom is 0.243 e. The first kappa shape index (κ1) is 32.3. The molecule has 47 heavy (non-hydrogen) atoms. The van der Waals surface area contributed by atoms with Crippen LogP contribution in [0.2, 0.25) is 0 Å². The molecule has 0 spiro atoms. The summed E-state index contributed by atoms with van der Waals surface area (Å²) < 4.78 is 77.3. The van der Waals surface area contributed by atoms with Gasteiger partial charge in [0.1, 0.15) is 41.4 Å². The number of halogens is 1. The number of hydrogen-bond donors (Lipinski definition) is 2. The molecule has 0 fully saturated rings. The molecule has 2 heterocycles. The number of nitrogens with one attached hydrogen (secondary N) is 1. The van der Waals surface area contributed by atoms with Crippen LogP contribution in [-0.4, -0.2) is 39.4 Å². The third kappa shape index (κ3) is 6.48. The van der Waals surface area contributed by atoms with Crippen molar-refractivity contribution in [3.05, 3.63) is 125 Å². The van der Waals surface area contributed by atoms with Crippen LogP contribution >= 0.6 is 0 Å². The summed E-state index contributed by atoms with van der Waals surface area (Å²) in [7, 11) is -8.40. The lowest BCUT2D eigenvalue weighted by molar-refractivity contribution is -0.116. The number of phenols is 1. The van der Waals surface area contributed by atoms with E-state index in [2.05, 4.69) is 5.32 Å². The van der Waals surface area contributed by atoms with E-state index in [-0.39, 0.29) is 62.7 Å². The summed E-state index contributed by atoms with van der Waals surface area (Å²) in [5.74, 6) is -3.35. The van der Waals surface area contributed by atoms with Gasteiger partial charge in [0, 0.05) is 17.3 Å². The highest BCUT2D eigenvalue weighted by Crippen LogP contribution is 2.51. The van der Waals surface area contributed by atoms with Crippen LogP contribution in [0.4, 0.5) is 15.8 Å². The highest BCUT2D eigenvalue weighted by atomic mass is 32.2. The van der Waals surface area contributed by atoms with Gasteiger partial charge in [0.25, 0.3) is 0 Å². The van der Waals surface area contributed by atoms with Gasteiger partial charge in [0.15, 0.2) is 19.7 Å². The number of benzene rings is 4. The molecule has 244 valence electrons. The molecule has 1 atom stereocenters.